The number of aliphatic hydroxyl groups is 1. The van der Waals surface area contributed by atoms with Crippen LogP contribution in [0.15, 0.2) is 78.9 Å². The number of likely N-dealkylation sites (tertiary alicyclic amines) is 1. The van der Waals surface area contributed by atoms with Crippen molar-refractivity contribution in [3.05, 3.63) is 95.6 Å². The minimum absolute atomic E-state index is 0.0531. The lowest BCUT2D eigenvalue weighted by atomic mass is 9.84. The number of benzene rings is 3. The van der Waals surface area contributed by atoms with Crippen LogP contribution >= 0.6 is 12.2 Å². The van der Waals surface area contributed by atoms with E-state index in [-0.39, 0.29) is 48.7 Å². The zero-order valence-electron chi connectivity index (χ0n) is 37.7. The van der Waals surface area contributed by atoms with Gasteiger partial charge >= 0.3 is 23.9 Å². The van der Waals surface area contributed by atoms with Crippen molar-refractivity contribution in [3.8, 4) is 0 Å². The number of hydrogen-bond acceptors (Lipinski definition) is 16. The van der Waals surface area contributed by atoms with Crippen molar-refractivity contribution in [3.63, 3.8) is 0 Å². The molecule has 3 N–H and O–H groups in total. The summed E-state index contributed by atoms with van der Waals surface area (Å²) in [7, 11) is 0. The molecule has 4 aliphatic heterocycles. The van der Waals surface area contributed by atoms with E-state index in [0.717, 1.165) is 30.7 Å². The molecule has 66 heavy (non-hydrogen) atoms. The second-order valence-electron chi connectivity index (χ2n) is 17.2. The van der Waals surface area contributed by atoms with Crippen LogP contribution in [-0.4, -0.2) is 120 Å². The molecule has 3 aromatic rings. The molecule has 18 heteroatoms. The number of esters is 4. The monoisotopic (exact) mass is 930 g/mol. The first kappa shape index (κ1) is 48.4. The fraction of sp³-hybridized carbons (Fsp3) is 0.500. The molecule has 0 aliphatic carbocycles. The zero-order valence-corrected chi connectivity index (χ0v) is 38.5. The molecule has 4 heterocycles. The fourth-order valence-electron chi connectivity index (χ4n) is 9.36. The SMILES string of the molecule is CC(=O)OCC1OC(CC(=S)Nc2cccc(C3OC(CN4CCC5(CC4)C(=O)NCN5c4ccccc4)C(C)C(c4ccc(CO)cc4)O3)c2)C(OC(C)=O)C(OC(C)=O)C1OC(C)=O. The van der Waals surface area contributed by atoms with Gasteiger partial charge in [0.1, 0.15) is 24.4 Å². The summed E-state index contributed by atoms with van der Waals surface area (Å²) in [4.78, 5) is 67.0. The Labute approximate surface area is 389 Å². The van der Waals surface area contributed by atoms with E-state index in [9.17, 15) is 29.1 Å². The molecule has 4 aliphatic rings. The van der Waals surface area contributed by atoms with Gasteiger partial charge in [-0.2, -0.15) is 0 Å². The number of ether oxygens (including phenoxy) is 7. The second-order valence-corrected chi connectivity index (χ2v) is 17.7. The molecule has 17 nitrogen and oxygen atoms in total. The molecular weight excluding hydrogens is 873 g/mol. The number of carbonyl (C=O) groups excluding carboxylic acids is 5. The predicted molar refractivity (Wildman–Crippen MR) is 243 cm³/mol. The number of amides is 1. The zero-order chi connectivity index (χ0) is 47.1. The van der Waals surface area contributed by atoms with Gasteiger partial charge in [-0.15, -0.1) is 0 Å². The van der Waals surface area contributed by atoms with Crippen molar-refractivity contribution in [2.45, 2.75) is 115 Å². The van der Waals surface area contributed by atoms with Gasteiger partial charge < -0.3 is 58.7 Å². The molecular formula is C48H58N4O13S. The maximum Gasteiger partial charge on any atom is 0.303 e. The van der Waals surface area contributed by atoms with E-state index in [1.807, 2.05) is 78.9 Å². The third kappa shape index (κ3) is 11.4. The molecule has 9 atom stereocenters. The molecule has 0 radical (unpaired) electrons. The maximum atomic E-state index is 13.4. The van der Waals surface area contributed by atoms with Gasteiger partial charge in [-0.3, -0.25) is 24.0 Å². The summed E-state index contributed by atoms with van der Waals surface area (Å²) in [5.74, 6) is -2.81. The molecule has 7 rings (SSSR count). The summed E-state index contributed by atoms with van der Waals surface area (Å²) >= 11 is 5.84. The average Bonchev–Trinajstić information content (AvgIpc) is 3.60. The fourth-order valence-corrected chi connectivity index (χ4v) is 9.64. The highest BCUT2D eigenvalue weighted by Crippen LogP contribution is 2.43. The van der Waals surface area contributed by atoms with E-state index < -0.39 is 66.2 Å². The first-order valence-electron chi connectivity index (χ1n) is 22.2. The molecule has 4 saturated heterocycles. The Bertz CT molecular complexity index is 2220. The summed E-state index contributed by atoms with van der Waals surface area (Å²) in [5.41, 5.74) is 3.42. The highest BCUT2D eigenvalue weighted by Gasteiger charge is 2.53. The van der Waals surface area contributed by atoms with Gasteiger partial charge in [0.25, 0.3) is 0 Å². The Kier molecular flexibility index (Phi) is 15.7. The Morgan fingerprint density at radius 3 is 2.08 bits per heavy atom. The smallest absolute Gasteiger partial charge is 0.303 e. The first-order valence-corrected chi connectivity index (χ1v) is 22.6. The highest BCUT2D eigenvalue weighted by molar-refractivity contribution is 7.80. The van der Waals surface area contributed by atoms with Crippen LogP contribution in [0, 0.1) is 5.92 Å². The van der Waals surface area contributed by atoms with Crippen LogP contribution in [0.4, 0.5) is 11.4 Å². The number of nitrogens with one attached hydrogen (secondary N) is 2. The molecule has 1 amide bonds. The van der Waals surface area contributed by atoms with Crippen LogP contribution in [0.3, 0.4) is 0 Å². The third-order valence-corrected chi connectivity index (χ3v) is 12.8. The van der Waals surface area contributed by atoms with Crippen molar-refractivity contribution in [1.29, 1.82) is 0 Å². The van der Waals surface area contributed by atoms with Crippen molar-refractivity contribution < 1.29 is 62.2 Å². The van der Waals surface area contributed by atoms with Crippen LogP contribution in [-0.2, 0) is 63.7 Å². The van der Waals surface area contributed by atoms with E-state index in [2.05, 4.69) is 27.4 Å². The van der Waals surface area contributed by atoms with E-state index in [1.54, 1.807) is 0 Å². The van der Waals surface area contributed by atoms with Gasteiger partial charge in [-0.05, 0) is 48.2 Å². The average molecular weight is 931 g/mol. The second kappa shape index (κ2) is 21.4. The van der Waals surface area contributed by atoms with E-state index in [0.29, 0.717) is 50.4 Å². The van der Waals surface area contributed by atoms with Gasteiger partial charge in [0.05, 0.1) is 30.5 Å². The molecule has 1 spiro atoms. The number of hydrogen-bond donors (Lipinski definition) is 3. The predicted octanol–water partition coefficient (Wildman–Crippen LogP) is 4.65. The number of nitrogens with zero attached hydrogens (tertiary/aromatic N) is 2. The summed E-state index contributed by atoms with van der Waals surface area (Å²) in [6.07, 6.45) is -6.18. The number of rotatable bonds is 14. The quantitative estimate of drug-likeness (QED) is 0.115. The number of piperidine rings is 1. The first-order chi connectivity index (χ1) is 31.6. The summed E-state index contributed by atoms with van der Waals surface area (Å²) in [6.45, 7) is 8.86. The van der Waals surface area contributed by atoms with Crippen LogP contribution in [0.25, 0.3) is 0 Å². The van der Waals surface area contributed by atoms with Crippen molar-refractivity contribution >= 4 is 58.4 Å². The van der Waals surface area contributed by atoms with Crippen molar-refractivity contribution in [2.24, 2.45) is 5.92 Å². The molecule has 0 aromatic heterocycles. The molecule has 3 aromatic carbocycles. The Morgan fingerprint density at radius 1 is 0.788 bits per heavy atom. The minimum Gasteiger partial charge on any atom is -0.463 e. The normalized spacial score (nSPS) is 27.3. The third-order valence-electron chi connectivity index (χ3n) is 12.6. The van der Waals surface area contributed by atoms with E-state index in [1.165, 1.54) is 13.8 Å². The summed E-state index contributed by atoms with van der Waals surface area (Å²) in [5, 5.41) is 16.1. The molecule has 0 bridgehead atoms. The Morgan fingerprint density at radius 2 is 1.44 bits per heavy atom. The van der Waals surface area contributed by atoms with Crippen molar-refractivity contribution in [2.75, 3.05) is 43.1 Å². The number of carbonyl (C=O) groups is 5. The number of para-hydroxylation sites is 1. The lowest BCUT2D eigenvalue weighted by Gasteiger charge is -2.46. The molecule has 9 unspecified atom stereocenters. The lowest BCUT2D eigenvalue weighted by molar-refractivity contribution is -0.276. The molecule has 354 valence electrons. The van der Waals surface area contributed by atoms with Crippen LogP contribution in [0.1, 0.15) is 83.0 Å². The molecule has 4 fully saturated rings. The van der Waals surface area contributed by atoms with E-state index in [4.69, 9.17) is 45.4 Å². The van der Waals surface area contributed by atoms with Gasteiger partial charge in [0.15, 0.2) is 24.6 Å². The largest absolute Gasteiger partial charge is 0.463 e. The van der Waals surface area contributed by atoms with Crippen LogP contribution in [0.2, 0.25) is 0 Å². The van der Waals surface area contributed by atoms with Gasteiger partial charge in [0.2, 0.25) is 5.91 Å². The standard InChI is InChI=1S/C48H58N4O13S/c1-28-39(24-51-20-18-48(19-21-51)47(58)49-27-52(48)37-12-7-6-8-13-37)64-46(65-42(28)34-16-14-33(25-53)15-17-34)35-10-9-11-36(22-35)50-41(66)23-38-43(60-30(3)55)45(62-32(5)57)44(61-31(4)56)40(63-38)26-59-29(2)54/h6-17,22,28,38-40,42-46,53H,18-21,23-27H2,1-5H3,(H,49,58)(H,50,66). The van der Waals surface area contributed by atoms with Gasteiger partial charge in [-0.25, -0.2) is 0 Å². The van der Waals surface area contributed by atoms with E-state index >= 15 is 0 Å². The number of thiocarbonyl (C=S) groups is 1. The summed E-state index contributed by atoms with van der Waals surface area (Å²) < 4.78 is 41.9. The Hall–Kier alpha value is -5.50. The molecule has 0 saturated carbocycles. The highest BCUT2D eigenvalue weighted by atomic mass is 32.1. The van der Waals surface area contributed by atoms with Crippen LogP contribution in [0.5, 0.6) is 0 Å². The Balaban J connectivity index is 1.09. The van der Waals surface area contributed by atoms with Crippen molar-refractivity contribution in [1.82, 2.24) is 10.2 Å². The van der Waals surface area contributed by atoms with Gasteiger partial charge in [0, 0.05) is 76.6 Å². The van der Waals surface area contributed by atoms with Crippen LogP contribution < -0.4 is 15.5 Å². The lowest BCUT2D eigenvalue weighted by Crippen LogP contribution is -2.62. The summed E-state index contributed by atoms with van der Waals surface area (Å²) in [6, 6.07) is 25.2. The maximum absolute atomic E-state index is 13.4. The van der Waals surface area contributed by atoms with Gasteiger partial charge in [-0.1, -0.05) is 73.7 Å². The topological polar surface area (TPSA) is 201 Å². The number of anilines is 2. The number of aliphatic hydroxyl groups excluding tert-OH is 1. The minimum atomic E-state index is -1.32.